The molecule has 1 aromatic carbocycles. The molecule has 132 valence electrons. The summed E-state index contributed by atoms with van der Waals surface area (Å²) in [5.41, 5.74) is 2.38. The van der Waals surface area contributed by atoms with Gasteiger partial charge in [-0.2, -0.15) is 0 Å². The molecule has 1 aliphatic rings. The smallest absolute Gasteiger partial charge is 0.227 e. The van der Waals surface area contributed by atoms with Gasteiger partial charge in [0, 0.05) is 54.3 Å². The van der Waals surface area contributed by atoms with Crippen LogP contribution in [0, 0.1) is 12.7 Å². The Morgan fingerprint density at radius 1 is 1.24 bits per heavy atom. The predicted octanol–water partition coefficient (Wildman–Crippen LogP) is 3.46. The number of aryl methyl sites for hydroxylation is 1. The second-order valence-electron chi connectivity index (χ2n) is 6.25. The number of rotatable bonds is 3. The van der Waals surface area contributed by atoms with Crippen LogP contribution in [0.4, 0.5) is 10.1 Å². The van der Waals surface area contributed by atoms with Crippen LogP contribution in [0.15, 0.2) is 36.5 Å². The molecule has 0 spiro atoms. The van der Waals surface area contributed by atoms with Crippen molar-refractivity contribution < 1.29 is 9.18 Å². The van der Waals surface area contributed by atoms with E-state index in [4.69, 9.17) is 11.6 Å². The summed E-state index contributed by atoms with van der Waals surface area (Å²) in [6.45, 7) is 4.89. The maximum absolute atomic E-state index is 13.9. The number of amides is 1. The molecule has 1 saturated heterocycles. The highest BCUT2D eigenvalue weighted by atomic mass is 35.5. The number of benzene rings is 1. The van der Waals surface area contributed by atoms with Crippen molar-refractivity contribution in [3.8, 4) is 0 Å². The van der Waals surface area contributed by atoms with Crippen molar-refractivity contribution in [2.75, 3.05) is 31.1 Å². The molecule has 1 fully saturated rings. The zero-order valence-electron chi connectivity index (χ0n) is 14.2. The molecule has 2 aromatic rings. The van der Waals surface area contributed by atoms with Crippen LogP contribution in [0.1, 0.15) is 17.7 Å². The van der Waals surface area contributed by atoms with Crippen LogP contribution in [-0.4, -0.2) is 42.0 Å². The molecule has 1 aliphatic heterocycles. The molecular formula is C19H21ClFN3O. The summed E-state index contributed by atoms with van der Waals surface area (Å²) >= 11 is 6.04. The summed E-state index contributed by atoms with van der Waals surface area (Å²) in [5.74, 6) is -0.510. The second kappa shape index (κ2) is 7.83. The molecule has 0 N–H and O–H groups in total. The van der Waals surface area contributed by atoms with E-state index in [0.717, 1.165) is 30.9 Å². The number of anilines is 1. The predicted molar refractivity (Wildman–Crippen MR) is 97.5 cm³/mol. The Labute approximate surface area is 152 Å². The number of halogens is 2. The number of pyridine rings is 1. The molecule has 25 heavy (non-hydrogen) atoms. The third-order valence-electron chi connectivity index (χ3n) is 4.48. The van der Waals surface area contributed by atoms with Gasteiger partial charge < -0.3 is 9.80 Å². The van der Waals surface area contributed by atoms with E-state index in [0.29, 0.717) is 18.1 Å². The molecule has 0 unspecified atom stereocenters. The van der Waals surface area contributed by atoms with Crippen molar-refractivity contribution in [2.24, 2.45) is 0 Å². The van der Waals surface area contributed by atoms with Gasteiger partial charge in [-0.25, -0.2) is 4.39 Å². The number of aromatic nitrogens is 1. The number of nitrogens with zero attached hydrogens (tertiary/aromatic N) is 3. The quantitative estimate of drug-likeness (QED) is 0.840. The highest BCUT2D eigenvalue weighted by Crippen LogP contribution is 2.21. The van der Waals surface area contributed by atoms with E-state index in [9.17, 15) is 9.18 Å². The summed E-state index contributed by atoms with van der Waals surface area (Å²) < 4.78 is 13.9. The monoisotopic (exact) mass is 361 g/mol. The Morgan fingerprint density at radius 2 is 2.08 bits per heavy atom. The Kier molecular flexibility index (Phi) is 5.53. The first-order valence-electron chi connectivity index (χ1n) is 8.43. The largest absolute Gasteiger partial charge is 0.370 e. The maximum atomic E-state index is 13.9. The van der Waals surface area contributed by atoms with Crippen LogP contribution in [0.3, 0.4) is 0 Å². The highest BCUT2D eigenvalue weighted by Gasteiger charge is 2.21. The SMILES string of the molecule is Cc1cc(N2CCCN(C(=O)Cc3c(F)cccc3Cl)CC2)ccn1. The van der Waals surface area contributed by atoms with Gasteiger partial charge in [-0.3, -0.25) is 9.78 Å². The van der Waals surface area contributed by atoms with Crippen LogP contribution >= 0.6 is 11.6 Å². The van der Waals surface area contributed by atoms with Gasteiger partial charge in [0.15, 0.2) is 0 Å². The van der Waals surface area contributed by atoms with E-state index in [1.165, 1.54) is 6.07 Å². The lowest BCUT2D eigenvalue weighted by atomic mass is 10.1. The number of carbonyl (C=O) groups is 1. The van der Waals surface area contributed by atoms with Gasteiger partial charge in [0.1, 0.15) is 5.82 Å². The Bertz CT molecular complexity index is 748. The zero-order valence-corrected chi connectivity index (χ0v) is 15.0. The molecule has 0 bridgehead atoms. The van der Waals surface area contributed by atoms with Gasteiger partial charge in [-0.15, -0.1) is 0 Å². The fraction of sp³-hybridized carbons (Fsp3) is 0.368. The normalized spacial score (nSPS) is 15.2. The van der Waals surface area contributed by atoms with Crippen molar-refractivity contribution in [1.29, 1.82) is 0 Å². The van der Waals surface area contributed by atoms with Crippen LogP contribution in [0.5, 0.6) is 0 Å². The summed E-state index contributed by atoms with van der Waals surface area (Å²) in [6, 6.07) is 8.54. The van der Waals surface area contributed by atoms with Crippen LogP contribution in [0.2, 0.25) is 5.02 Å². The standard InChI is InChI=1S/C19H21ClFN3O/c1-14-12-15(6-7-22-14)23-8-3-9-24(11-10-23)19(25)13-16-17(20)4-2-5-18(16)21/h2,4-7,12H,3,8-11,13H2,1H3. The molecule has 4 nitrogen and oxygen atoms in total. The minimum atomic E-state index is -0.426. The molecule has 1 aromatic heterocycles. The number of carbonyl (C=O) groups excluding carboxylic acids is 1. The van der Waals surface area contributed by atoms with E-state index in [1.54, 1.807) is 23.2 Å². The Hall–Kier alpha value is -2.14. The lowest BCUT2D eigenvalue weighted by molar-refractivity contribution is -0.130. The average molecular weight is 362 g/mol. The number of hydrogen-bond donors (Lipinski definition) is 0. The van der Waals surface area contributed by atoms with Gasteiger partial charge >= 0.3 is 0 Å². The molecule has 6 heteroatoms. The van der Waals surface area contributed by atoms with E-state index in [1.807, 2.05) is 13.0 Å². The Balaban J connectivity index is 1.65. The van der Waals surface area contributed by atoms with Crippen molar-refractivity contribution in [3.05, 3.63) is 58.6 Å². The molecule has 1 amide bonds. The number of hydrogen-bond acceptors (Lipinski definition) is 3. The summed E-state index contributed by atoms with van der Waals surface area (Å²) in [7, 11) is 0. The summed E-state index contributed by atoms with van der Waals surface area (Å²) in [5, 5.41) is 0.303. The molecule has 0 radical (unpaired) electrons. The summed E-state index contributed by atoms with van der Waals surface area (Å²) in [4.78, 5) is 20.9. The minimum Gasteiger partial charge on any atom is -0.370 e. The third-order valence-corrected chi connectivity index (χ3v) is 4.84. The van der Waals surface area contributed by atoms with Gasteiger partial charge in [-0.05, 0) is 37.6 Å². The average Bonchev–Trinajstić information content (AvgIpc) is 2.84. The second-order valence-corrected chi connectivity index (χ2v) is 6.66. The molecule has 2 heterocycles. The van der Waals surface area contributed by atoms with Gasteiger partial charge in [0.05, 0.1) is 6.42 Å². The first-order valence-corrected chi connectivity index (χ1v) is 8.80. The minimum absolute atomic E-state index is 0.000127. The van der Waals surface area contributed by atoms with Crippen molar-refractivity contribution in [3.63, 3.8) is 0 Å². The lowest BCUT2D eigenvalue weighted by Gasteiger charge is -2.24. The fourth-order valence-electron chi connectivity index (χ4n) is 3.12. The summed E-state index contributed by atoms with van der Waals surface area (Å²) in [6.07, 6.45) is 2.68. The molecular weight excluding hydrogens is 341 g/mol. The van der Waals surface area contributed by atoms with E-state index in [2.05, 4.69) is 16.0 Å². The van der Waals surface area contributed by atoms with Gasteiger partial charge in [0.25, 0.3) is 0 Å². The van der Waals surface area contributed by atoms with E-state index in [-0.39, 0.29) is 17.9 Å². The fourth-order valence-corrected chi connectivity index (χ4v) is 3.35. The van der Waals surface area contributed by atoms with Crippen molar-refractivity contribution >= 4 is 23.2 Å². The molecule has 0 atom stereocenters. The zero-order chi connectivity index (χ0) is 17.8. The highest BCUT2D eigenvalue weighted by molar-refractivity contribution is 6.31. The third kappa shape index (κ3) is 4.28. The van der Waals surface area contributed by atoms with Crippen LogP contribution in [-0.2, 0) is 11.2 Å². The first kappa shape index (κ1) is 17.7. The Morgan fingerprint density at radius 3 is 2.84 bits per heavy atom. The lowest BCUT2D eigenvalue weighted by Crippen LogP contribution is -2.36. The van der Waals surface area contributed by atoms with E-state index < -0.39 is 5.82 Å². The van der Waals surface area contributed by atoms with Crippen molar-refractivity contribution in [1.82, 2.24) is 9.88 Å². The molecule has 0 aliphatic carbocycles. The maximum Gasteiger partial charge on any atom is 0.227 e. The van der Waals surface area contributed by atoms with Crippen LogP contribution < -0.4 is 4.90 Å². The van der Waals surface area contributed by atoms with Crippen LogP contribution in [0.25, 0.3) is 0 Å². The molecule has 3 rings (SSSR count). The van der Waals surface area contributed by atoms with Gasteiger partial charge in [0.2, 0.25) is 5.91 Å². The molecule has 0 saturated carbocycles. The van der Waals surface area contributed by atoms with Crippen molar-refractivity contribution in [2.45, 2.75) is 19.8 Å². The topological polar surface area (TPSA) is 36.4 Å². The van der Waals surface area contributed by atoms with E-state index >= 15 is 0 Å². The first-order chi connectivity index (χ1) is 12.0. The van der Waals surface area contributed by atoms with Gasteiger partial charge in [-0.1, -0.05) is 17.7 Å².